The molecule has 25 heavy (non-hydrogen) atoms. The molecule has 0 aliphatic carbocycles. The third kappa shape index (κ3) is 4.26. The van der Waals surface area contributed by atoms with E-state index in [-0.39, 0.29) is 17.8 Å². The number of halogens is 1. The van der Waals surface area contributed by atoms with Crippen LogP contribution in [-0.4, -0.2) is 49.8 Å². The first-order valence-electron chi connectivity index (χ1n) is 8.40. The Bertz CT molecular complexity index is 749. The summed E-state index contributed by atoms with van der Waals surface area (Å²) in [6.07, 6.45) is 2.46. The minimum Gasteiger partial charge on any atom is -0.343 e. The van der Waals surface area contributed by atoms with E-state index in [1.54, 1.807) is 23.9 Å². The van der Waals surface area contributed by atoms with Crippen molar-refractivity contribution in [1.29, 1.82) is 5.41 Å². The summed E-state index contributed by atoms with van der Waals surface area (Å²) in [5.41, 5.74) is 1.26. The minimum absolute atomic E-state index is 0.101. The standard InChI is InChI=1S/C17H21FN6O/c1-12(19)2-7-16(25)23-10-8-15(9-11-23)24-21-17(20-22-24)13-3-5-14(18)6-4-13/h3-6,15,19H,2,7-11H2,1H3. The van der Waals surface area contributed by atoms with Gasteiger partial charge in [0.25, 0.3) is 0 Å². The zero-order valence-corrected chi connectivity index (χ0v) is 14.2. The lowest BCUT2D eigenvalue weighted by molar-refractivity contribution is -0.132. The zero-order valence-electron chi connectivity index (χ0n) is 14.2. The van der Waals surface area contributed by atoms with Crippen LogP contribution in [0.15, 0.2) is 24.3 Å². The van der Waals surface area contributed by atoms with Gasteiger partial charge in [-0.15, -0.1) is 10.2 Å². The molecule has 0 bridgehead atoms. The summed E-state index contributed by atoms with van der Waals surface area (Å²) in [7, 11) is 0. The van der Waals surface area contributed by atoms with Gasteiger partial charge < -0.3 is 10.3 Å². The number of hydrogen-bond donors (Lipinski definition) is 1. The maximum atomic E-state index is 13.0. The van der Waals surface area contributed by atoms with Crippen LogP contribution >= 0.6 is 0 Å². The fourth-order valence-electron chi connectivity index (χ4n) is 2.89. The molecule has 0 unspecified atom stereocenters. The molecule has 1 aliphatic rings. The second-order valence-corrected chi connectivity index (χ2v) is 6.33. The number of amides is 1. The fraction of sp³-hybridized carbons (Fsp3) is 0.471. The Labute approximate surface area is 145 Å². The van der Waals surface area contributed by atoms with Crippen LogP contribution in [-0.2, 0) is 4.79 Å². The zero-order chi connectivity index (χ0) is 17.8. The molecular weight excluding hydrogens is 323 g/mol. The van der Waals surface area contributed by atoms with E-state index in [0.717, 1.165) is 18.4 Å². The predicted octanol–water partition coefficient (Wildman–Crippen LogP) is 2.46. The molecule has 1 N–H and O–H groups in total. The molecule has 1 aromatic heterocycles. The molecule has 1 fully saturated rings. The van der Waals surface area contributed by atoms with Crippen molar-refractivity contribution in [1.82, 2.24) is 25.1 Å². The van der Waals surface area contributed by atoms with Gasteiger partial charge in [-0.05, 0) is 55.7 Å². The molecule has 7 nitrogen and oxygen atoms in total. The van der Waals surface area contributed by atoms with Gasteiger partial charge in [0.1, 0.15) is 5.82 Å². The lowest BCUT2D eigenvalue weighted by Crippen LogP contribution is -2.39. The highest BCUT2D eigenvalue weighted by Gasteiger charge is 2.25. The van der Waals surface area contributed by atoms with Crippen molar-refractivity contribution in [2.75, 3.05) is 13.1 Å². The highest BCUT2D eigenvalue weighted by atomic mass is 19.1. The van der Waals surface area contributed by atoms with Crippen molar-refractivity contribution in [3.05, 3.63) is 30.1 Å². The Kier molecular flexibility index (Phi) is 5.16. The maximum Gasteiger partial charge on any atom is 0.222 e. The van der Waals surface area contributed by atoms with Crippen molar-refractivity contribution in [3.8, 4) is 11.4 Å². The summed E-state index contributed by atoms with van der Waals surface area (Å²) in [6, 6.07) is 6.11. The van der Waals surface area contributed by atoms with Crippen molar-refractivity contribution >= 4 is 11.6 Å². The van der Waals surface area contributed by atoms with Gasteiger partial charge in [0.2, 0.25) is 11.7 Å². The Morgan fingerprint density at radius 3 is 2.56 bits per heavy atom. The average molecular weight is 344 g/mol. The molecule has 2 aromatic rings. The van der Waals surface area contributed by atoms with Crippen molar-refractivity contribution in [2.24, 2.45) is 0 Å². The second kappa shape index (κ2) is 7.50. The molecule has 0 spiro atoms. The summed E-state index contributed by atoms with van der Waals surface area (Å²) in [6.45, 7) is 3.04. The molecule has 3 rings (SSSR count). The largest absolute Gasteiger partial charge is 0.343 e. The minimum atomic E-state index is -0.300. The Morgan fingerprint density at radius 2 is 1.92 bits per heavy atom. The number of aromatic nitrogens is 4. The molecule has 8 heteroatoms. The molecule has 1 saturated heterocycles. The van der Waals surface area contributed by atoms with Gasteiger partial charge in [-0.3, -0.25) is 4.79 Å². The van der Waals surface area contributed by atoms with Crippen LogP contribution in [0.5, 0.6) is 0 Å². The number of hydrogen-bond acceptors (Lipinski definition) is 5. The van der Waals surface area contributed by atoms with E-state index in [2.05, 4.69) is 15.4 Å². The number of nitrogens with one attached hydrogen (secondary N) is 1. The first kappa shape index (κ1) is 17.2. The van der Waals surface area contributed by atoms with Gasteiger partial charge in [-0.25, -0.2) is 4.39 Å². The predicted molar refractivity (Wildman–Crippen MR) is 90.7 cm³/mol. The molecule has 0 atom stereocenters. The fourth-order valence-corrected chi connectivity index (χ4v) is 2.89. The average Bonchev–Trinajstić information content (AvgIpc) is 3.10. The van der Waals surface area contributed by atoms with Gasteiger partial charge >= 0.3 is 0 Å². The molecule has 0 saturated carbocycles. The van der Waals surface area contributed by atoms with E-state index in [0.29, 0.717) is 37.5 Å². The number of benzene rings is 1. The first-order valence-corrected chi connectivity index (χ1v) is 8.40. The summed E-state index contributed by atoms with van der Waals surface area (Å²) in [5, 5.41) is 20.0. The quantitative estimate of drug-likeness (QED) is 0.844. The Balaban J connectivity index is 1.57. The Morgan fingerprint density at radius 1 is 1.24 bits per heavy atom. The van der Waals surface area contributed by atoms with E-state index >= 15 is 0 Å². The third-order valence-corrected chi connectivity index (χ3v) is 4.39. The van der Waals surface area contributed by atoms with Crippen LogP contribution < -0.4 is 0 Å². The number of carbonyl (C=O) groups is 1. The van der Waals surface area contributed by atoms with Crippen LogP contribution in [0.3, 0.4) is 0 Å². The second-order valence-electron chi connectivity index (χ2n) is 6.33. The monoisotopic (exact) mass is 344 g/mol. The van der Waals surface area contributed by atoms with Crippen LogP contribution in [0.25, 0.3) is 11.4 Å². The smallest absolute Gasteiger partial charge is 0.222 e. The van der Waals surface area contributed by atoms with E-state index in [1.165, 1.54) is 12.1 Å². The van der Waals surface area contributed by atoms with E-state index < -0.39 is 0 Å². The number of piperidine rings is 1. The van der Waals surface area contributed by atoms with Crippen LogP contribution in [0.4, 0.5) is 4.39 Å². The summed E-state index contributed by atoms with van der Waals surface area (Å²) >= 11 is 0. The summed E-state index contributed by atoms with van der Waals surface area (Å²) < 4.78 is 13.0. The third-order valence-electron chi connectivity index (χ3n) is 4.39. The topological polar surface area (TPSA) is 87.8 Å². The van der Waals surface area contributed by atoms with Gasteiger partial charge in [0.05, 0.1) is 6.04 Å². The lowest BCUT2D eigenvalue weighted by atomic mass is 10.0. The lowest BCUT2D eigenvalue weighted by Gasteiger charge is -2.31. The molecule has 0 radical (unpaired) electrons. The highest BCUT2D eigenvalue weighted by Crippen LogP contribution is 2.23. The SMILES string of the molecule is CC(=N)CCC(=O)N1CCC(n2nnc(-c3ccc(F)cc3)n2)CC1. The van der Waals surface area contributed by atoms with Crippen LogP contribution in [0.1, 0.15) is 38.6 Å². The van der Waals surface area contributed by atoms with Gasteiger partial charge in [0, 0.05) is 30.8 Å². The normalized spacial score (nSPS) is 15.4. The number of likely N-dealkylation sites (tertiary alicyclic amines) is 1. The number of nitrogens with zero attached hydrogens (tertiary/aromatic N) is 5. The summed E-state index contributed by atoms with van der Waals surface area (Å²) in [5.74, 6) is 0.273. The molecule has 2 heterocycles. The highest BCUT2D eigenvalue weighted by molar-refractivity contribution is 5.85. The molecule has 1 amide bonds. The van der Waals surface area contributed by atoms with Gasteiger partial charge in [-0.2, -0.15) is 4.80 Å². The molecule has 132 valence electrons. The number of tetrazole rings is 1. The first-order chi connectivity index (χ1) is 12.0. The molecule has 1 aliphatic heterocycles. The van der Waals surface area contributed by atoms with E-state index in [9.17, 15) is 9.18 Å². The maximum absolute atomic E-state index is 13.0. The van der Waals surface area contributed by atoms with Crippen molar-refractivity contribution in [2.45, 2.75) is 38.6 Å². The van der Waals surface area contributed by atoms with Gasteiger partial charge in [-0.1, -0.05) is 0 Å². The molecular formula is C17H21FN6O. The van der Waals surface area contributed by atoms with Crippen LogP contribution in [0, 0.1) is 11.2 Å². The number of carbonyl (C=O) groups excluding carboxylic acids is 1. The number of rotatable bonds is 5. The van der Waals surface area contributed by atoms with Crippen molar-refractivity contribution < 1.29 is 9.18 Å². The van der Waals surface area contributed by atoms with E-state index in [1.807, 2.05) is 4.90 Å². The van der Waals surface area contributed by atoms with Crippen molar-refractivity contribution in [3.63, 3.8) is 0 Å². The van der Waals surface area contributed by atoms with E-state index in [4.69, 9.17) is 5.41 Å². The van der Waals surface area contributed by atoms with Gasteiger partial charge in [0.15, 0.2) is 0 Å². The Hall–Kier alpha value is -2.64. The van der Waals surface area contributed by atoms with Crippen LogP contribution in [0.2, 0.25) is 0 Å². The molecule has 1 aromatic carbocycles. The summed E-state index contributed by atoms with van der Waals surface area (Å²) in [4.78, 5) is 15.6.